The molecule has 8 heteroatoms. The number of amides is 2. The van der Waals surface area contributed by atoms with Crippen LogP contribution in [0.4, 0.5) is 4.39 Å². The van der Waals surface area contributed by atoms with Crippen LogP contribution in [-0.4, -0.2) is 59.9 Å². The summed E-state index contributed by atoms with van der Waals surface area (Å²) < 4.78 is 13.1. The highest BCUT2D eigenvalue weighted by Crippen LogP contribution is 2.47. The molecule has 4 N–H and O–H groups in total. The van der Waals surface area contributed by atoms with Crippen molar-refractivity contribution in [2.24, 2.45) is 35.3 Å². The number of fused-ring (bicyclic) bond motifs is 2. The van der Waals surface area contributed by atoms with Gasteiger partial charge in [-0.15, -0.1) is 0 Å². The second-order valence-electron chi connectivity index (χ2n) is 9.58. The predicted octanol–water partition coefficient (Wildman–Crippen LogP) is 1.51. The molecule has 2 bridgehead atoms. The first-order valence-corrected chi connectivity index (χ1v) is 11.8. The molecular formula is C25H32FN3O4. The van der Waals surface area contributed by atoms with Gasteiger partial charge in [0.2, 0.25) is 11.8 Å². The Morgan fingerprint density at radius 1 is 1.09 bits per heavy atom. The number of aliphatic hydroxyl groups excluding tert-OH is 1. The number of nitrogens with two attached hydrogens (primary N) is 1. The average molecular weight is 458 g/mol. The predicted molar refractivity (Wildman–Crippen MR) is 120 cm³/mol. The highest BCUT2D eigenvalue weighted by molar-refractivity contribution is 5.97. The molecule has 1 aliphatic heterocycles. The van der Waals surface area contributed by atoms with Gasteiger partial charge in [-0.2, -0.15) is 0 Å². The standard InChI is InChI=1S/C25H32FN3O4/c26-19-5-3-15(4-6-19)23(31)16-8-11-29(12-9-16)14-20(30)7-10-28-25(33)22-18-2-1-17(13-18)21(22)24(27)32/h1-6,16-18,20-22,30H,7-14H2,(H2,27,32)(H,28,33). The van der Waals surface area contributed by atoms with E-state index >= 15 is 0 Å². The Labute approximate surface area is 193 Å². The van der Waals surface area contributed by atoms with Gasteiger partial charge >= 0.3 is 0 Å². The number of hydrogen-bond acceptors (Lipinski definition) is 5. The highest BCUT2D eigenvalue weighted by Gasteiger charge is 2.50. The second-order valence-corrected chi connectivity index (χ2v) is 9.58. The minimum absolute atomic E-state index is 0.0441. The van der Waals surface area contributed by atoms with Crippen LogP contribution < -0.4 is 11.1 Å². The third kappa shape index (κ3) is 5.33. The Bertz CT molecular complexity index is 911. The van der Waals surface area contributed by atoms with E-state index in [4.69, 9.17) is 5.73 Å². The van der Waals surface area contributed by atoms with Crippen LogP contribution in [0.15, 0.2) is 36.4 Å². The quantitative estimate of drug-likeness (QED) is 0.384. The first kappa shape index (κ1) is 23.6. The number of aliphatic hydroxyl groups is 1. The summed E-state index contributed by atoms with van der Waals surface area (Å²) in [5.74, 6) is -1.71. The molecule has 3 aliphatic rings. The van der Waals surface area contributed by atoms with Crippen LogP contribution in [0.1, 0.15) is 36.0 Å². The molecular weight excluding hydrogens is 425 g/mol. The molecule has 2 fully saturated rings. The number of carbonyl (C=O) groups excluding carboxylic acids is 3. The van der Waals surface area contributed by atoms with Gasteiger partial charge in [0.25, 0.3) is 0 Å². The van der Waals surface area contributed by atoms with Crippen molar-refractivity contribution < 1.29 is 23.9 Å². The minimum atomic E-state index is -0.596. The normalized spacial score (nSPS) is 28.1. The van der Waals surface area contributed by atoms with Crippen LogP contribution in [0.2, 0.25) is 0 Å². The number of likely N-dealkylation sites (tertiary alicyclic amines) is 1. The zero-order chi connectivity index (χ0) is 23.5. The van der Waals surface area contributed by atoms with Crippen LogP contribution in [-0.2, 0) is 9.59 Å². The second kappa shape index (κ2) is 10.1. The molecule has 0 aromatic heterocycles. The number of β-amino-alcohol motifs (C(OH)–C–C–N with tert-alkyl or cyclic N) is 1. The molecule has 1 saturated carbocycles. The number of nitrogens with zero attached hydrogens (tertiary/aromatic N) is 1. The van der Waals surface area contributed by atoms with Crippen LogP contribution in [0, 0.1) is 35.4 Å². The summed E-state index contributed by atoms with van der Waals surface area (Å²) in [6, 6.07) is 5.67. The molecule has 7 nitrogen and oxygen atoms in total. The number of Topliss-reactive ketones (excluding diaryl/α,β-unsaturated/α-hetero) is 1. The zero-order valence-electron chi connectivity index (χ0n) is 18.7. The maximum Gasteiger partial charge on any atom is 0.224 e. The lowest BCUT2D eigenvalue weighted by Crippen LogP contribution is -2.44. The van der Waals surface area contributed by atoms with Crippen molar-refractivity contribution >= 4 is 17.6 Å². The number of carbonyl (C=O) groups is 3. The number of piperidine rings is 1. The van der Waals surface area contributed by atoms with Crippen molar-refractivity contribution in [3.05, 3.63) is 47.8 Å². The van der Waals surface area contributed by atoms with Crippen LogP contribution in [0.25, 0.3) is 0 Å². The molecule has 0 radical (unpaired) electrons. The Morgan fingerprint density at radius 3 is 2.36 bits per heavy atom. The van der Waals surface area contributed by atoms with Gasteiger partial charge in [-0.3, -0.25) is 14.4 Å². The van der Waals surface area contributed by atoms with E-state index in [0.29, 0.717) is 51.0 Å². The van der Waals surface area contributed by atoms with E-state index in [0.717, 1.165) is 6.42 Å². The van der Waals surface area contributed by atoms with Crippen LogP contribution in [0.5, 0.6) is 0 Å². The molecule has 5 atom stereocenters. The summed E-state index contributed by atoms with van der Waals surface area (Å²) in [5, 5.41) is 13.3. The lowest BCUT2D eigenvalue weighted by molar-refractivity contribution is -0.133. The number of nitrogens with one attached hydrogen (secondary N) is 1. The fourth-order valence-electron chi connectivity index (χ4n) is 5.66. The molecule has 2 aliphatic carbocycles. The molecule has 1 heterocycles. The van der Waals surface area contributed by atoms with E-state index in [1.807, 2.05) is 12.2 Å². The summed E-state index contributed by atoms with van der Waals surface area (Å²) in [7, 11) is 0. The fraction of sp³-hybridized carbons (Fsp3) is 0.560. The Balaban J connectivity index is 1.17. The molecule has 33 heavy (non-hydrogen) atoms. The largest absolute Gasteiger partial charge is 0.392 e. The number of ketones is 1. The Kier molecular flexibility index (Phi) is 7.24. The first-order chi connectivity index (χ1) is 15.8. The van der Waals surface area contributed by atoms with Gasteiger partial charge in [0.15, 0.2) is 5.78 Å². The van der Waals surface area contributed by atoms with Gasteiger partial charge in [-0.25, -0.2) is 4.39 Å². The number of primary amides is 1. The van der Waals surface area contributed by atoms with Crippen LogP contribution in [0.3, 0.4) is 0 Å². The van der Waals surface area contributed by atoms with Gasteiger partial charge in [0.1, 0.15) is 5.82 Å². The van der Waals surface area contributed by atoms with Gasteiger partial charge in [0.05, 0.1) is 17.9 Å². The Morgan fingerprint density at radius 2 is 1.73 bits per heavy atom. The fourth-order valence-corrected chi connectivity index (χ4v) is 5.66. The monoisotopic (exact) mass is 457 g/mol. The summed E-state index contributed by atoms with van der Waals surface area (Å²) in [6.45, 7) is 2.23. The molecule has 178 valence electrons. The topological polar surface area (TPSA) is 113 Å². The third-order valence-electron chi connectivity index (χ3n) is 7.42. The molecule has 1 aromatic rings. The zero-order valence-corrected chi connectivity index (χ0v) is 18.7. The number of allylic oxidation sites excluding steroid dienone is 2. The molecule has 2 amide bonds. The molecule has 5 unspecified atom stereocenters. The highest BCUT2D eigenvalue weighted by atomic mass is 19.1. The molecule has 1 saturated heterocycles. The van der Waals surface area contributed by atoms with Gasteiger partial charge in [0, 0.05) is 24.6 Å². The summed E-state index contributed by atoms with van der Waals surface area (Å²) >= 11 is 0. The lowest BCUT2D eigenvalue weighted by atomic mass is 9.82. The average Bonchev–Trinajstić information content (AvgIpc) is 3.41. The van der Waals surface area contributed by atoms with E-state index in [1.165, 1.54) is 24.3 Å². The van der Waals surface area contributed by atoms with Crippen molar-refractivity contribution in [2.45, 2.75) is 31.8 Å². The van der Waals surface area contributed by atoms with Gasteiger partial charge < -0.3 is 21.1 Å². The third-order valence-corrected chi connectivity index (χ3v) is 7.42. The van der Waals surface area contributed by atoms with Gasteiger partial charge in [-0.05, 0) is 74.9 Å². The van der Waals surface area contributed by atoms with E-state index in [2.05, 4.69) is 10.2 Å². The van der Waals surface area contributed by atoms with Crippen molar-refractivity contribution in [1.29, 1.82) is 0 Å². The summed E-state index contributed by atoms with van der Waals surface area (Å²) in [4.78, 5) is 39.2. The van der Waals surface area contributed by atoms with E-state index in [-0.39, 0.29) is 35.3 Å². The number of benzene rings is 1. The van der Waals surface area contributed by atoms with E-state index in [1.54, 1.807) is 0 Å². The van der Waals surface area contributed by atoms with Crippen molar-refractivity contribution in [3.8, 4) is 0 Å². The van der Waals surface area contributed by atoms with Crippen LogP contribution >= 0.6 is 0 Å². The van der Waals surface area contributed by atoms with Crippen molar-refractivity contribution in [3.63, 3.8) is 0 Å². The number of rotatable bonds is 9. The maximum absolute atomic E-state index is 13.1. The molecule has 4 rings (SSSR count). The van der Waals surface area contributed by atoms with Crippen molar-refractivity contribution in [1.82, 2.24) is 10.2 Å². The summed E-state index contributed by atoms with van der Waals surface area (Å²) in [5.41, 5.74) is 6.06. The number of hydrogen-bond donors (Lipinski definition) is 3. The maximum atomic E-state index is 13.1. The van der Waals surface area contributed by atoms with E-state index < -0.39 is 23.8 Å². The minimum Gasteiger partial charge on any atom is -0.392 e. The molecule has 1 aromatic carbocycles. The smallest absolute Gasteiger partial charge is 0.224 e. The van der Waals surface area contributed by atoms with Gasteiger partial charge in [-0.1, -0.05) is 12.2 Å². The molecule has 0 spiro atoms. The number of halogens is 1. The van der Waals surface area contributed by atoms with Crippen molar-refractivity contribution in [2.75, 3.05) is 26.2 Å². The lowest BCUT2D eigenvalue weighted by Gasteiger charge is -2.32. The van der Waals surface area contributed by atoms with E-state index in [9.17, 15) is 23.9 Å². The SMILES string of the molecule is NC(=O)C1C2C=CC(C2)C1C(=O)NCCC(O)CN1CCC(C(=O)c2ccc(F)cc2)CC1. The first-order valence-electron chi connectivity index (χ1n) is 11.8. The Hall–Kier alpha value is -2.58. The summed E-state index contributed by atoms with van der Waals surface area (Å²) in [6.07, 6.45) is 6.02.